The van der Waals surface area contributed by atoms with Gasteiger partial charge in [-0.15, -0.1) is 0 Å². The molecule has 212 valence electrons. The van der Waals surface area contributed by atoms with Gasteiger partial charge in [0.15, 0.2) is 0 Å². The Labute approximate surface area is 236 Å². The van der Waals surface area contributed by atoms with Gasteiger partial charge in [-0.05, 0) is 69.6 Å². The summed E-state index contributed by atoms with van der Waals surface area (Å²) < 4.78 is 6.08. The number of fused-ring (bicyclic) bond motifs is 3. The number of allylic oxidation sites excluding steroid dienone is 4. The summed E-state index contributed by atoms with van der Waals surface area (Å²) in [5.74, 6) is 1.66. The lowest BCUT2D eigenvalue weighted by atomic mass is 9.65. The van der Waals surface area contributed by atoms with Crippen LogP contribution < -0.4 is 0 Å². The number of hydrogen-bond acceptors (Lipinski definition) is 3. The molecule has 2 saturated heterocycles. The maximum atomic E-state index is 14.1. The number of aryl methyl sites for hydroxylation is 2. The van der Waals surface area contributed by atoms with Crippen LogP contribution in [0.15, 0.2) is 53.5 Å². The molecular formula is C34H49N3O2. The van der Waals surface area contributed by atoms with E-state index in [1.165, 1.54) is 28.0 Å². The molecule has 1 spiro atoms. The molecule has 39 heavy (non-hydrogen) atoms. The second kappa shape index (κ2) is 10.8. The number of likely N-dealkylation sites (tertiary alicyclic amines) is 1. The van der Waals surface area contributed by atoms with E-state index in [2.05, 4.69) is 92.7 Å². The van der Waals surface area contributed by atoms with E-state index >= 15 is 0 Å². The second-order valence-electron chi connectivity index (χ2n) is 12.7. The molecule has 0 radical (unpaired) electrons. The summed E-state index contributed by atoms with van der Waals surface area (Å²) in [4.78, 5) is 21.1. The second-order valence-corrected chi connectivity index (χ2v) is 12.7. The Balaban J connectivity index is 1.48. The predicted octanol–water partition coefficient (Wildman–Crippen LogP) is 7.21. The molecule has 3 heterocycles. The zero-order valence-electron chi connectivity index (χ0n) is 25.3. The highest BCUT2D eigenvalue weighted by molar-refractivity contribution is 5.83. The Morgan fingerprint density at radius 3 is 2.33 bits per heavy atom. The molecule has 4 aliphatic rings. The molecular weight excluding hydrogens is 482 g/mol. The number of likely N-dealkylation sites (N-methyl/N-ethyl adjacent to an activating group) is 1. The SMILES string of the molecule is CCCC1=CC2(C)CN3C(=O)N(CC)C4(CCN(Cc5cc(C)cc(C)c5)CC4)C3=CC(CC)C2C(OC)=C1. The van der Waals surface area contributed by atoms with Crippen LogP contribution in [-0.2, 0) is 11.3 Å². The van der Waals surface area contributed by atoms with Gasteiger partial charge in [0.1, 0.15) is 5.76 Å². The highest BCUT2D eigenvalue weighted by atomic mass is 16.5. The van der Waals surface area contributed by atoms with Crippen molar-refractivity contribution < 1.29 is 9.53 Å². The lowest BCUT2D eigenvalue weighted by Gasteiger charge is -2.44. The van der Waals surface area contributed by atoms with Gasteiger partial charge in [0.25, 0.3) is 0 Å². The van der Waals surface area contributed by atoms with E-state index in [0.717, 1.165) is 70.6 Å². The van der Waals surface area contributed by atoms with Crippen LogP contribution in [0.5, 0.6) is 0 Å². The van der Waals surface area contributed by atoms with Crippen LogP contribution in [0.3, 0.4) is 0 Å². The van der Waals surface area contributed by atoms with E-state index in [0.29, 0.717) is 5.92 Å². The van der Waals surface area contributed by atoms with Crippen molar-refractivity contribution in [3.8, 4) is 0 Å². The van der Waals surface area contributed by atoms with E-state index in [9.17, 15) is 4.79 Å². The first-order chi connectivity index (χ1) is 18.7. The predicted molar refractivity (Wildman–Crippen MR) is 159 cm³/mol. The van der Waals surface area contributed by atoms with E-state index in [-0.39, 0.29) is 22.9 Å². The fourth-order valence-corrected chi connectivity index (χ4v) is 8.29. The summed E-state index contributed by atoms with van der Waals surface area (Å²) in [6, 6.07) is 7.08. The summed E-state index contributed by atoms with van der Waals surface area (Å²) in [7, 11) is 1.82. The van der Waals surface area contributed by atoms with Gasteiger partial charge >= 0.3 is 6.03 Å². The molecule has 2 fully saturated rings. The number of amides is 2. The molecule has 1 aliphatic carbocycles. The zero-order valence-corrected chi connectivity index (χ0v) is 25.3. The number of methoxy groups -OCH3 is 1. The van der Waals surface area contributed by atoms with E-state index in [4.69, 9.17) is 4.74 Å². The Bertz CT molecular complexity index is 1170. The Hall–Kier alpha value is -2.53. The quantitative estimate of drug-likeness (QED) is 0.373. The van der Waals surface area contributed by atoms with E-state index < -0.39 is 0 Å². The van der Waals surface area contributed by atoms with Crippen molar-refractivity contribution in [2.75, 3.05) is 33.3 Å². The monoisotopic (exact) mass is 531 g/mol. The van der Waals surface area contributed by atoms with Crippen molar-refractivity contribution in [1.82, 2.24) is 14.7 Å². The maximum Gasteiger partial charge on any atom is 0.325 e. The van der Waals surface area contributed by atoms with Crippen LogP contribution in [0.1, 0.15) is 76.5 Å². The first-order valence-corrected chi connectivity index (χ1v) is 15.3. The lowest BCUT2D eigenvalue weighted by Crippen LogP contribution is -2.53. The normalized spacial score (nSPS) is 28.5. The fraction of sp³-hybridized carbons (Fsp3) is 0.618. The van der Waals surface area contributed by atoms with Crippen molar-refractivity contribution >= 4 is 6.03 Å². The minimum atomic E-state index is -0.213. The average Bonchev–Trinajstić information content (AvgIpc) is 3.00. The van der Waals surface area contributed by atoms with Gasteiger partial charge in [-0.2, -0.15) is 0 Å². The van der Waals surface area contributed by atoms with Crippen LogP contribution >= 0.6 is 0 Å². The molecule has 1 aromatic carbocycles. The van der Waals surface area contributed by atoms with Crippen LogP contribution in [-0.4, -0.2) is 59.6 Å². The lowest BCUT2D eigenvalue weighted by molar-refractivity contribution is 0.0870. The Kier molecular flexibility index (Phi) is 7.76. The largest absolute Gasteiger partial charge is 0.501 e. The number of urea groups is 1. The van der Waals surface area contributed by atoms with Gasteiger partial charge in [0.05, 0.1) is 12.6 Å². The van der Waals surface area contributed by atoms with Crippen LogP contribution in [0.4, 0.5) is 4.79 Å². The Morgan fingerprint density at radius 1 is 1.05 bits per heavy atom. The van der Waals surface area contributed by atoms with Gasteiger partial charge in [0, 0.05) is 49.8 Å². The maximum absolute atomic E-state index is 14.1. The summed E-state index contributed by atoms with van der Waals surface area (Å²) in [5.41, 5.74) is 6.30. The highest BCUT2D eigenvalue weighted by Gasteiger charge is 2.58. The fourth-order valence-electron chi connectivity index (χ4n) is 8.29. The summed E-state index contributed by atoms with van der Waals surface area (Å²) in [5, 5.41) is 0. The molecule has 0 aromatic heterocycles. The zero-order chi connectivity index (χ0) is 27.9. The third-order valence-electron chi connectivity index (χ3n) is 9.84. The van der Waals surface area contributed by atoms with Crippen LogP contribution in [0, 0.1) is 31.1 Å². The number of benzene rings is 1. The number of piperidine rings is 1. The van der Waals surface area contributed by atoms with Gasteiger partial charge in [0.2, 0.25) is 0 Å². The highest BCUT2D eigenvalue weighted by Crippen LogP contribution is 2.54. The minimum absolute atomic E-state index is 0.159. The molecule has 3 aliphatic heterocycles. The average molecular weight is 532 g/mol. The topological polar surface area (TPSA) is 36.0 Å². The smallest absolute Gasteiger partial charge is 0.325 e. The van der Waals surface area contributed by atoms with Crippen LogP contribution in [0.25, 0.3) is 0 Å². The summed E-state index contributed by atoms with van der Waals surface area (Å²) >= 11 is 0. The number of ether oxygens (including phenoxy) is 1. The van der Waals surface area contributed by atoms with Gasteiger partial charge in [-0.3, -0.25) is 9.80 Å². The van der Waals surface area contributed by atoms with Crippen molar-refractivity contribution in [3.05, 3.63) is 70.1 Å². The molecule has 2 amide bonds. The molecule has 3 atom stereocenters. The summed E-state index contributed by atoms with van der Waals surface area (Å²) in [6.45, 7) is 17.9. The number of hydrogen-bond donors (Lipinski definition) is 0. The molecule has 5 rings (SSSR count). The molecule has 0 saturated carbocycles. The molecule has 5 nitrogen and oxygen atoms in total. The Morgan fingerprint density at radius 2 is 1.74 bits per heavy atom. The van der Waals surface area contributed by atoms with Crippen molar-refractivity contribution in [3.63, 3.8) is 0 Å². The van der Waals surface area contributed by atoms with Crippen LogP contribution in [0.2, 0.25) is 0 Å². The van der Waals surface area contributed by atoms with Gasteiger partial charge in [-0.25, -0.2) is 4.79 Å². The molecule has 5 heteroatoms. The first-order valence-electron chi connectivity index (χ1n) is 15.3. The number of nitrogens with zero attached hydrogens (tertiary/aromatic N) is 3. The van der Waals surface area contributed by atoms with Gasteiger partial charge < -0.3 is 9.64 Å². The molecule has 1 aromatic rings. The van der Waals surface area contributed by atoms with Gasteiger partial charge in [-0.1, -0.05) is 68.7 Å². The molecule has 0 N–H and O–H groups in total. The van der Waals surface area contributed by atoms with Crippen molar-refractivity contribution in [1.29, 1.82) is 0 Å². The van der Waals surface area contributed by atoms with Crippen molar-refractivity contribution in [2.24, 2.45) is 17.3 Å². The van der Waals surface area contributed by atoms with E-state index in [1.807, 2.05) is 7.11 Å². The first kappa shape index (κ1) is 28.0. The summed E-state index contributed by atoms with van der Waals surface area (Å²) in [6.07, 6.45) is 12.4. The third kappa shape index (κ3) is 4.85. The molecule has 3 unspecified atom stereocenters. The van der Waals surface area contributed by atoms with E-state index in [1.54, 1.807) is 0 Å². The minimum Gasteiger partial charge on any atom is -0.501 e. The molecule has 0 bridgehead atoms. The standard InChI is InChI=1S/C34H49N3O2/c1-8-11-26-19-29(39-7)31-28(9-2)20-30-34(37(10-3)32(38)36(30)23-33(31,6)21-26)12-14-35(15-13-34)22-27-17-24(4)16-25(5)18-27/h16-21,28,31H,8-15,22-23H2,1-7H3. The third-order valence-corrected chi connectivity index (χ3v) is 9.84. The number of carbonyl (C=O) groups is 1. The number of rotatable bonds is 7. The van der Waals surface area contributed by atoms with Crippen molar-refractivity contribution in [2.45, 2.75) is 85.7 Å². The number of carbonyl (C=O) groups excluding carboxylic acids is 1.